The molecule has 25 heavy (non-hydrogen) atoms. The first-order valence-electron chi connectivity index (χ1n) is 6.69. The van der Waals surface area contributed by atoms with Gasteiger partial charge in [-0.2, -0.15) is 17.6 Å². The van der Waals surface area contributed by atoms with Gasteiger partial charge < -0.3 is 9.84 Å². The largest absolute Gasteiger partial charge is 0.503 e. The molecule has 0 unspecified atom stereocenters. The summed E-state index contributed by atoms with van der Waals surface area (Å²) in [6, 6.07) is 0. The molecule has 0 radical (unpaired) electrons. The predicted molar refractivity (Wildman–Crippen MR) is 69.0 cm³/mol. The zero-order chi connectivity index (χ0) is 19.0. The smallest absolute Gasteiger partial charge is 0.204 e. The molecule has 10 heteroatoms. The summed E-state index contributed by atoms with van der Waals surface area (Å²) in [6.45, 7) is 1.18. The first-order chi connectivity index (χ1) is 11.6. The van der Waals surface area contributed by atoms with Crippen molar-refractivity contribution in [3.05, 3.63) is 46.5 Å². The number of halogens is 8. The number of benzene rings is 2. The minimum Gasteiger partial charge on any atom is -0.503 e. The highest BCUT2D eigenvalue weighted by Gasteiger charge is 2.34. The van der Waals surface area contributed by atoms with E-state index in [0.717, 1.165) is 0 Å². The van der Waals surface area contributed by atoms with Gasteiger partial charge in [-0.1, -0.05) is 6.92 Å². The van der Waals surface area contributed by atoms with Crippen LogP contribution in [0.2, 0.25) is 0 Å². The maximum absolute atomic E-state index is 14.0. The Kier molecular flexibility index (Phi) is 5.09. The second-order valence-corrected chi connectivity index (χ2v) is 4.79. The molecule has 0 aromatic heterocycles. The highest BCUT2D eigenvalue weighted by Crippen LogP contribution is 2.41. The molecule has 0 amide bonds. The molecule has 2 rings (SSSR count). The number of phenols is 1. The number of aromatic hydroxyl groups is 1. The molecular formula is C15H8F8O2. The predicted octanol–water partition coefficient (Wildman–Crippen LogP) is 4.96. The molecule has 0 bridgehead atoms. The van der Waals surface area contributed by atoms with Crippen LogP contribution in [-0.2, 0) is 0 Å². The number of phenolic OH excluding ortho intramolecular Hbond substituents is 1. The zero-order valence-electron chi connectivity index (χ0n) is 12.3. The first-order valence-corrected chi connectivity index (χ1v) is 6.69. The van der Waals surface area contributed by atoms with E-state index in [9.17, 15) is 35.1 Å². The topological polar surface area (TPSA) is 29.5 Å². The van der Waals surface area contributed by atoms with Gasteiger partial charge in [-0.25, -0.2) is 17.6 Å². The van der Waals surface area contributed by atoms with Crippen molar-refractivity contribution in [1.82, 2.24) is 0 Å². The zero-order valence-corrected chi connectivity index (χ0v) is 12.3. The summed E-state index contributed by atoms with van der Waals surface area (Å²) in [5, 5.41) is 8.84. The van der Waals surface area contributed by atoms with Crippen molar-refractivity contribution in [2.24, 2.45) is 0 Å². The van der Waals surface area contributed by atoms with Crippen LogP contribution in [-0.4, -0.2) is 11.7 Å². The third kappa shape index (κ3) is 2.85. The molecule has 2 aromatic carbocycles. The van der Waals surface area contributed by atoms with E-state index in [1.807, 2.05) is 0 Å². The van der Waals surface area contributed by atoms with Crippen molar-refractivity contribution in [2.75, 3.05) is 6.61 Å². The van der Waals surface area contributed by atoms with Gasteiger partial charge in [0.2, 0.25) is 23.3 Å². The summed E-state index contributed by atoms with van der Waals surface area (Å²) in [5.41, 5.74) is -4.07. The van der Waals surface area contributed by atoms with E-state index in [-0.39, 0.29) is 13.0 Å². The van der Waals surface area contributed by atoms with Crippen LogP contribution < -0.4 is 4.74 Å². The van der Waals surface area contributed by atoms with E-state index < -0.39 is 69.2 Å². The summed E-state index contributed by atoms with van der Waals surface area (Å²) in [4.78, 5) is 0. The molecule has 0 spiro atoms. The Morgan fingerprint density at radius 2 is 1.00 bits per heavy atom. The average Bonchev–Trinajstić information content (AvgIpc) is 2.59. The minimum atomic E-state index is -2.43. The van der Waals surface area contributed by atoms with E-state index in [1.165, 1.54) is 6.92 Å². The molecule has 0 aliphatic carbocycles. The summed E-state index contributed by atoms with van der Waals surface area (Å²) < 4.78 is 115. The van der Waals surface area contributed by atoms with Crippen molar-refractivity contribution < 1.29 is 45.0 Å². The second kappa shape index (κ2) is 6.77. The van der Waals surface area contributed by atoms with E-state index >= 15 is 0 Å². The van der Waals surface area contributed by atoms with Crippen LogP contribution in [0.5, 0.6) is 11.5 Å². The molecule has 0 heterocycles. The normalized spacial score (nSPS) is 11.1. The van der Waals surface area contributed by atoms with Crippen molar-refractivity contribution in [2.45, 2.75) is 13.3 Å². The van der Waals surface area contributed by atoms with Gasteiger partial charge in [0.15, 0.2) is 34.8 Å². The van der Waals surface area contributed by atoms with Crippen LogP contribution in [0.4, 0.5) is 35.1 Å². The van der Waals surface area contributed by atoms with Gasteiger partial charge in [-0.3, -0.25) is 0 Å². The maximum atomic E-state index is 14.0. The van der Waals surface area contributed by atoms with Crippen LogP contribution in [0.3, 0.4) is 0 Å². The molecule has 0 aliphatic heterocycles. The second-order valence-electron chi connectivity index (χ2n) is 4.79. The first kappa shape index (κ1) is 18.8. The Labute approximate surface area is 135 Å². The van der Waals surface area contributed by atoms with Gasteiger partial charge in [0.05, 0.1) is 17.7 Å². The van der Waals surface area contributed by atoms with E-state index in [4.69, 9.17) is 5.11 Å². The Morgan fingerprint density at radius 3 is 1.36 bits per heavy atom. The van der Waals surface area contributed by atoms with Gasteiger partial charge in [-0.15, -0.1) is 0 Å². The summed E-state index contributed by atoms with van der Waals surface area (Å²) >= 11 is 0. The Balaban J connectivity index is 2.87. The van der Waals surface area contributed by atoms with Gasteiger partial charge in [0.25, 0.3) is 0 Å². The van der Waals surface area contributed by atoms with Crippen LogP contribution in [0.1, 0.15) is 13.3 Å². The lowest BCUT2D eigenvalue weighted by molar-refractivity contribution is 0.272. The van der Waals surface area contributed by atoms with Gasteiger partial charge in [-0.05, 0) is 6.42 Å². The minimum absolute atomic E-state index is 0.210. The monoisotopic (exact) mass is 372 g/mol. The van der Waals surface area contributed by atoms with Crippen molar-refractivity contribution >= 4 is 0 Å². The summed E-state index contributed by atoms with van der Waals surface area (Å²) in [6.07, 6.45) is 0.210. The number of rotatable bonds is 4. The molecule has 136 valence electrons. The number of ether oxygens (including phenoxy) is 1. The molecule has 2 aromatic rings. The fourth-order valence-corrected chi connectivity index (χ4v) is 2.00. The van der Waals surface area contributed by atoms with E-state index in [2.05, 4.69) is 4.74 Å². The number of hydrogen-bond acceptors (Lipinski definition) is 2. The Morgan fingerprint density at radius 1 is 0.640 bits per heavy atom. The molecule has 2 nitrogen and oxygen atoms in total. The van der Waals surface area contributed by atoms with Crippen LogP contribution in [0, 0.1) is 46.5 Å². The van der Waals surface area contributed by atoms with E-state index in [0.29, 0.717) is 0 Å². The van der Waals surface area contributed by atoms with Crippen LogP contribution in [0.25, 0.3) is 11.1 Å². The Hall–Kier alpha value is -2.52. The fraction of sp³-hybridized carbons (Fsp3) is 0.200. The van der Waals surface area contributed by atoms with E-state index in [1.54, 1.807) is 0 Å². The van der Waals surface area contributed by atoms with Gasteiger partial charge >= 0.3 is 0 Å². The third-order valence-corrected chi connectivity index (χ3v) is 3.16. The molecule has 0 atom stereocenters. The summed E-state index contributed by atoms with van der Waals surface area (Å²) in [5.74, 6) is -22.2. The molecule has 0 saturated carbocycles. The third-order valence-electron chi connectivity index (χ3n) is 3.16. The van der Waals surface area contributed by atoms with Gasteiger partial charge in [0.1, 0.15) is 0 Å². The molecule has 1 N–H and O–H groups in total. The molecule has 0 saturated heterocycles. The lowest BCUT2D eigenvalue weighted by atomic mass is 10.0. The van der Waals surface area contributed by atoms with Crippen molar-refractivity contribution in [3.8, 4) is 22.6 Å². The quantitative estimate of drug-likeness (QED) is 0.607. The van der Waals surface area contributed by atoms with Crippen molar-refractivity contribution in [3.63, 3.8) is 0 Å². The standard InChI is InChI=1S/C15H8F8O2/c1-2-3-25-15-12(22)8(18)5(9(19)13(15)23)4-6(16)10(20)14(24)11(21)7(4)17/h24H,2-3H2,1H3. The highest BCUT2D eigenvalue weighted by molar-refractivity contribution is 5.69. The summed E-state index contributed by atoms with van der Waals surface area (Å²) in [7, 11) is 0. The van der Waals surface area contributed by atoms with Gasteiger partial charge in [0, 0.05) is 0 Å². The Bertz CT molecular complexity index is 792. The fourth-order valence-electron chi connectivity index (χ4n) is 2.00. The molecule has 0 aliphatic rings. The van der Waals surface area contributed by atoms with Crippen molar-refractivity contribution in [1.29, 1.82) is 0 Å². The van der Waals surface area contributed by atoms with Crippen LogP contribution >= 0.6 is 0 Å². The maximum Gasteiger partial charge on any atom is 0.204 e. The van der Waals surface area contributed by atoms with Crippen LogP contribution in [0.15, 0.2) is 0 Å². The molecular weight excluding hydrogens is 364 g/mol. The number of hydrogen-bond donors (Lipinski definition) is 1. The average molecular weight is 372 g/mol. The lowest BCUT2D eigenvalue weighted by Gasteiger charge is -2.14. The SMILES string of the molecule is CCCOc1c(F)c(F)c(-c2c(F)c(F)c(O)c(F)c2F)c(F)c1F. The highest BCUT2D eigenvalue weighted by atomic mass is 19.2. The molecule has 0 fully saturated rings. The lowest BCUT2D eigenvalue weighted by Crippen LogP contribution is -2.09.